The standard InChI is InChI=1S/C18H26N6O2/c1-11(2)19-18(26)23-14(10-25)8-9-15(23)17-20-21-22-24(17)16-12(3)6-5-7-13(16)4/h5-7,11,14-15,25H,8-10H2,1-4H3,(H,19,26)/t14-,15+/m0/s1. The van der Waals surface area contributed by atoms with E-state index in [1.54, 1.807) is 9.58 Å². The predicted molar refractivity (Wildman–Crippen MR) is 97.0 cm³/mol. The van der Waals surface area contributed by atoms with Crippen molar-refractivity contribution in [3.8, 4) is 5.69 Å². The molecule has 0 unspecified atom stereocenters. The molecule has 1 aromatic heterocycles. The maximum atomic E-state index is 12.7. The Morgan fingerprint density at radius 2 is 2.00 bits per heavy atom. The average molecular weight is 358 g/mol. The fourth-order valence-corrected chi connectivity index (χ4v) is 3.65. The van der Waals surface area contributed by atoms with Crippen LogP contribution in [0.3, 0.4) is 0 Å². The highest BCUT2D eigenvalue weighted by Crippen LogP contribution is 2.36. The number of aromatic nitrogens is 4. The van der Waals surface area contributed by atoms with Crippen LogP contribution in [-0.2, 0) is 0 Å². The molecule has 0 bridgehead atoms. The third-order valence-electron chi connectivity index (χ3n) is 4.80. The Kier molecular flexibility index (Phi) is 5.22. The summed E-state index contributed by atoms with van der Waals surface area (Å²) in [4.78, 5) is 14.4. The lowest BCUT2D eigenvalue weighted by Crippen LogP contribution is -2.47. The van der Waals surface area contributed by atoms with Crippen molar-refractivity contribution < 1.29 is 9.90 Å². The van der Waals surface area contributed by atoms with E-state index in [-0.39, 0.29) is 30.8 Å². The number of aliphatic hydroxyl groups is 1. The van der Waals surface area contributed by atoms with Gasteiger partial charge in [-0.15, -0.1) is 5.10 Å². The van der Waals surface area contributed by atoms with Crippen molar-refractivity contribution in [2.45, 2.75) is 58.7 Å². The van der Waals surface area contributed by atoms with Gasteiger partial charge in [0.25, 0.3) is 0 Å². The van der Waals surface area contributed by atoms with Gasteiger partial charge in [-0.05, 0) is 62.1 Å². The second-order valence-electron chi connectivity index (χ2n) is 7.13. The van der Waals surface area contributed by atoms with Gasteiger partial charge < -0.3 is 15.3 Å². The van der Waals surface area contributed by atoms with Gasteiger partial charge in [0, 0.05) is 6.04 Å². The van der Waals surface area contributed by atoms with E-state index >= 15 is 0 Å². The first kappa shape index (κ1) is 18.3. The molecule has 1 aromatic carbocycles. The largest absolute Gasteiger partial charge is 0.394 e. The highest BCUT2D eigenvalue weighted by atomic mass is 16.3. The lowest BCUT2D eigenvalue weighted by molar-refractivity contribution is 0.133. The van der Waals surface area contributed by atoms with Crippen molar-refractivity contribution in [2.75, 3.05) is 6.61 Å². The molecule has 8 heteroatoms. The molecule has 3 rings (SSSR count). The average Bonchev–Trinajstić information content (AvgIpc) is 3.19. The highest BCUT2D eigenvalue weighted by molar-refractivity contribution is 5.75. The van der Waals surface area contributed by atoms with Crippen LogP contribution in [-0.4, -0.2) is 54.9 Å². The van der Waals surface area contributed by atoms with Gasteiger partial charge in [0.1, 0.15) is 0 Å². The van der Waals surface area contributed by atoms with Gasteiger partial charge in [0.05, 0.1) is 24.4 Å². The Labute approximate surface area is 153 Å². The van der Waals surface area contributed by atoms with Crippen molar-refractivity contribution in [2.24, 2.45) is 0 Å². The molecule has 1 saturated heterocycles. The zero-order valence-corrected chi connectivity index (χ0v) is 15.7. The summed E-state index contributed by atoms with van der Waals surface area (Å²) in [5.41, 5.74) is 3.06. The Hall–Kier alpha value is -2.48. The van der Waals surface area contributed by atoms with Crippen LogP contribution in [0.25, 0.3) is 5.69 Å². The SMILES string of the molecule is Cc1cccc(C)c1-n1nnnc1[C@H]1CC[C@@H](CO)N1C(=O)NC(C)C. The van der Waals surface area contributed by atoms with Crippen LogP contribution >= 0.6 is 0 Å². The Morgan fingerprint density at radius 1 is 1.31 bits per heavy atom. The number of benzene rings is 1. The molecule has 2 atom stereocenters. The second kappa shape index (κ2) is 7.41. The molecule has 0 aliphatic carbocycles. The fraction of sp³-hybridized carbons (Fsp3) is 0.556. The molecule has 2 amide bonds. The Balaban J connectivity index is 2.01. The van der Waals surface area contributed by atoms with Crippen LogP contribution in [0, 0.1) is 13.8 Å². The van der Waals surface area contributed by atoms with Crippen LogP contribution in [0.1, 0.15) is 49.7 Å². The summed E-state index contributed by atoms with van der Waals surface area (Å²) in [6.07, 6.45) is 1.42. The van der Waals surface area contributed by atoms with Crippen molar-refractivity contribution in [1.29, 1.82) is 0 Å². The number of amides is 2. The number of aryl methyl sites for hydroxylation is 2. The first-order valence-electron chi connectivity index (χ1n) is 8.98. The third-order valence-corrected chi connectivity index (χ3v) is 4.80. The van der Waals surface area contributed by atoms with Gasteiger partial charge in [-0.3, -0.25) is 0 Å². The van der Waals surface area contributed by atoms with Gasteiger partial charge in [0.2, 0.25) is 0 Å². The van der Waals surface area contributed by atoms with Crippen molar-refractivity contribution >= 4 is 6.03 Å². The lowest BCUT2D eigenvalue weighted by Gasteiger charge is -2.30. The minimum absolute atomic E-state index is 0.0118. The van der Waals surface area contributed by atoms with E-state index in [0.717, 1.165) is 16.8 Å². The number of hydrogen-bond donors (Lipinski definition) is 2. The summed E-state index contributed by atoms with van der Waals surface area (Å²) in [6, 6.07) is 5.33. The quantitative estimate of drug-likeness (QED) is 0.870. The van der Waals surface area contributed by atoms with E-state index < -0.39 is 0 Å². The third kappa shape index (κ3) is 3.29. The molecule has 26 heavy (non-hydrogen) atoms. The number of carbonyl (C=O) groups is 1. The van der Waals surface area contributed by atoms with E-state index in [9.17, 15) is 9.90 Å². The number of nitrogens with zero attached hydrogens (tertiary/aromatic N) is 5. The monoisotopic (exact) mass is 358 g/mol. The van der Waals surface area contributed by atoms with Crippen molar-refractivity contribution in [3.05, 3.63) is 35.2 Å². The van der Waals surface area contributed by atoms with Crippen LogP contribution < -0.4 is 5.32 Å². The molecule has 2 N–H and O–H groups in total. The minimum Gasteiger partial charge on any atom is -0.394 e. The van der Waals surface area contributed by atoms with Gasteiger partial charge in [0.15, 0.2) is 5.82 Å². The predicted octanol–water partition coefficient (Wildman–Crippen LogP) is 1.89. The molecule has 2 aromatic rings. The van der Waals surface area contributed by atoms with E-state index in [1.807, 2.05) is 45.9 Å². The van der Waals surface area contributed by atoms with Gasteiger partial charge in [-0.1, -0.05) is 18.2 Å². The second-order valence-corrected chi connectivity index (χ2v) is 7.13. The number of tetrazole rings is 1. The molecule has 0 radical (unpaired) electrons. The summed E-state index contributed by atoms with van der Waals surface area (Å²) in [6.45, 7) is 7.78. The molecular formula is C18H26N6O2. The number of hydrogen-bond acceptors (Lipinski definition) is 5. The van der Waals surface area contributed by atoms with Crippen LogP contribution in [0.15, 0.2) is 18.2 Å². The first-order valence-corrected chi connectivity index (χ1v) is 8.98. The number of carbonyl (C=O) groups excluding carboxylic acids is 1. The van der Waals surface area contributed by atoms with Crippen LogP contribution in [0.5, 0.6) is 0 Å². The van der Waals surface area contributed by atoms with Gasteiger partial charge >= 0.3 is 6.03 Å². The molecule has 0 spiro atoms. The topological polar surface area (TPSA) is 96.2 Å². The fourth-order valence-electron chi connectivity index (χ4n) is 3.65. The number of para-hydroxylation sites is 1. The zero-order valence-electron chi connectivity index (χ0n) is 15.7. The summed E-state index contributed by atoms with van der Waals surface area (Å²) < 4.78 is 1.73. The Bertz CT molecular complexity index is 767. The summed E-state index contributed by atoms with van der Waals surface area (Å²) >= 11 is 0. The summed E-state index contributed by atoms with van der Waals surface area (Å²) in [7, 11) is 0. The molecule has 2 heterocycles. The number of urea groups is 1. The van der Waals surface area contributed by atoms with Gasteiger partial charge in [-0.2, -0.15) is 4.68 Å². The first-order chi connectivity index (χ1) is 12.4. The number of nitrogens with one attached hydrogen (secondary N) is 1. The van der Waals surface area contributed by atoms with Crippen molar-refractivity contribution in [3.63, 3.8) is 0 Å². The summed E-state index contributed by atoms with van der Waals surface area (Å²) in [5, 5.41) is 25.0. The van der Waals surface area contributed by atoms with Crippen LogP contribution in [0.2, 0.25) is 0 Å². The molecule has 140 valence electrons. The molecule has 1 aliphatic rings. The van der Waals surface area contributed by atoms with Crippen molar-refractivity contribution in [1.82, 2.24) is 30.4 Å². The number of rotatable bonds is 4. The molecule has 8 nitrogen and oxygen atoms in total. The maximum absolute atomic E-state index is 12.7. The zero-order chi connectivity index (χ0) is 18.8. The Morgan fingerprint density at radius 3 is 2.62 bits per heavy atom. The smallest absolute Gasteiger partial charge is 0.318 e. The highest BCUT2D eigenvalue weighted by Gasteiger charge is 2.40. The normalized spacial score (nSPS) is 20.0. The lowest BCUT2D eigenvalue weighted by atomic mass is 10.1. The van der Waals surface area contributed by atoms with Gasteiger partial charge in [-0.25, -0.2) is 4.79 Å². The number of likely N-dealkylation sites (tertiary alicyclic amines) is 1. The maximum Gasteiger partial charge on any atom is 0.318 e. The summed E-state index contributed by atoms with van der Waals surface area (Å²) in [5.74, 6) is 0.622. The molecule has 0 saturated carbocycles. The van der Waals surface area contributed by atoms with E-state index in [1.165, 1.54) is 0 Å². The minimum atomic E-state index is -0.278. The molecule has 1 fully saturated rings. The van der Waals surface area contributed by atoms with E-state index in [4.69, 9.17) is 0 Å². The number of aliphatic hydroxyl groups excluding tert-OH is 1. The van der Waals surface area contributed by atoms with E-state index in [0.29, 0.717) is 18.7 Å². The molecule has 1 aliphatic heterocycles. The van der Waals surface area contributed by atoms with E-state index in [2.05, 4.69) is 20.8 Å². The molecular weight excluding hydrogens is 332 g/mol. The van der Waals surface area contributed by atoms with Crippen LogP contribution in [0.4, 0.5) is 4.79 Å².